The van der Waals surface area contributed by atoms with Gasteiger partial charge in [-0.15, -0.1) is 0 Å². The van der Waals surface area contributed by atoms with Crippen molar-refractivity contribution in [3.8, 4) is 0 Å². The van der Waals surface area contributed by atoms with Crippen LogP contribution in [0.3, 0.4) is 0 Å². The lowest BCUT2D eigenvalue weighted by atomic mass is 9.53. The van der Waals surface area contributed by atoms with Gasteiger partial charge in [-0.2, -0.15) is 26.3 Å². The average Bonchev–Trinajstić information content (AvgIpc) is 2.97. The molecule has 2 aliphatic rings. The zero-order valence-electron chi connectivity index (χ0n) is 16.5. The molecule has 2 rings (SSSR count). The highest BCUT2D eigenvalue weighted by atomic mass is 19.4. The predicted octanol–water partition coefficient (Wildman–Crippen LogP) is 6.01. The number of rotatable bonds is 2. The molecule has 0 aromatic carbocycles. The van der Waals surface area contributed by atoms with E-state index < -0.39 is 54.0 Å². The topological polar surface area (TPSA) is 26.3 Å². The molecule has 0 N–H and O–H groups in total. The summed E-state index contributed by atoms with van der Waals surface area (Å²) in [5.74, 6) is -3.72. The summed E-state index contributed by atoms with van der Waals surface area (Å²) in [5, 5.41) is 0. The molecule has 27 heavy (non-hydrogen) atoms. The van der Waals surface area contributed by atoms with Crippen molar-refractivity contribution in [2.45, 2.75) is 66.7 Å². The van der Waals surface area contributed by atoms with Crippen LogP contribution in [-0.2, 0) is 9.53 Å². The highest BCUT2D eigenvalue weighted by molar-refractivity contribution is 5.79. The van der Waals surface area contributed by atoms with Crippen molar-refractivity contribution in [1.29, 1.82) is 0 Å². The van der Waals surface area contributed by atoms with Gasteiger partial charge >= 0.3 is 18.3 Å². The van der Waals surface area contributed by atoms with Crippen molar-refractivity contribution in [3.63, 3.8) is 0 Å². The zero-order chi connectivity index (χ0) is 21.2. The van der Waals surface area contributed by atoms with Gasteiger partial charge in [-0.1, -0.05) is 41.5 Å². The Labute approximate surface area is 156 Å². The Kier molecular flexibility index (Phi) is 5.19. The Hall–Kier alpha value is -0.950. The molecule has 0 spiro atoms. The number of esters is 1. The molecule has 0 radical (unpaired) electrons. The van der Waals surface area contributed by atoms with Gasteiger partial charge in [-0.25, -0.2) is 0 Å². The highest BCUT2D eigenvalue weighted by Crippen LogP contribution is 2.72. The summed E-state index contributed by atoms with van der Waals surface area (Å²) in [7, 11) is 0. The van der Waals surface area contributed by atoms with Gasteiger partial charge in [0.1, 0.15) is 0 Å². The van der Waals surface area contributed by atoms with E-state index in [9.17, 15) is 31.1 Å². The second kappa shape index (κ2) is 6.28. The number of carbonyl (C=O) groups is 1. The molecule has 0 aromatic rings. The van der Waals surface area contributed by atoms with Crippen LogP contribution in [0.25, 0.3) is 0 Å². The van der Waals surface area contributed by atoms with Gasteiger partial charge in [0.2, 0.25) is 0 Å². The summed E-state index contributed by atoms with van der Waals surface area (Å²) in [5.41, 5.74) is -3.66. The van der Waals surface area contributed by atoms with Crippen LogP contribution in [0, 0.1) is 39.9 Å². The molecule has 2 fully saturated rings. The predicted molar refractivity (Wildman–Crippen MR) is 87.6 cm³/mol. The Balaban J connectivity index is 2.49. The molecule has 2 aliphatic carbocycles. The molecule has 158 valence electrons. The van der Waals surface area contributed by atoms with E-state index in [0.717, 1.165) is 0 Å². The van der Waals surface area contributed by atoms with Crippen LogP contribution in [0.2, 0.25) is 0 Å². The summed E-state index contributed by atoms with van der Waals surface area (Å²) in [6, 6.07) is 0. The minimum absolute atomic E-state index is 0.0478. The molecule has 0 heterocycles. The quantitative estimate of drug-likeness (QED) is 0.418. The fourth-order valence-corrected chi connectivity index (χ4v) is 5.79. The first kappa shape index (κ1) is 22.3. The minimum Gasteiger partial charge on any atom is -0.455 e. The second-order valence-corrected chi connectivity index (χ2v) is 10.3. The fourth-order valence-electron chi connectivity index (χ4n) is 5.79. The van der Waals surface area contributed by atoms with Crippen LogP contribution in [0.4, 0.5) is 26.3 Å². The van der Waals surface area contributed by atoms with Gasteiger partial charge in [0.15, 0.2) is 12.0 Å². The largest absolute Gasteiger partial charge is 0.455 e. The van der Waals surface area contributed by atoms with Gasteiger partial charge in [0.05, 0.1) is 0 Å². The molecular weight excluding hydrogens is 374 g/mol. The van der Waals surface area contributed by atoms with Crippen molar-refractivity contribution >= 4 is 5.97 Å². The Bertz CT molecular complexity index is 581. The zero-order valence-corrected chi connectivity index (χ0v) is 16.5. The van der Waals surface area contributed by atoms with E-state index in [2.05, 4.69) is 4.74 Å². The van der Waals surface area contributed by atoms with Crippen LogP contribution in [0.5, 0.6) is 0 Å². The van der Waals surface area contributed by atoms with Gasteiger partial charge < -0.3 is 4.74 Å². The summed E-state index contributed by atoms with van der Waals surface area (Å²) in [4.78, 5) is 12.4. The van der Waals surface area contributed by atoms with Crippen LogP contribution in [-0.4, -0.2) is 24.9 Å². The van der Waals surface area contributed by atoms with Crippen LogP contribution in [0.15, 0.2) is 0 Å². The molecule has 0 saturated heterocycles. The Morgan fingerprint density at radius 1 is 0.926 bits per heavy atom. The number of hydrogen-bond donors (Lipinski definition) is 0. The maximum absolute atomic E-state index is 14.1. The molecule has 0 aromatic heterocycles. The monoisotopic (exact) mass is 402 g/mol. The Morgan fingerprint density at radius 3 is 1.78 bits per heavy atom. The van der Waals surface area contributed by atoms with Gasteiger partial charge in [-0.05, 0) is 47.3 Å². The fraction of sp³-hybridized carbons (Fsp3) is 0.947. The summed E-state index contributed by atoms with van der Waals surface area (Å²) in [6.07, 6.45) is -10.1. The van der Waals surface area contributed by atoms with Crippen molar-refractivity contribution in [2.24, 2.45) is 39.9 Å². The van der Waals surface area contributed by atoms with Crippen LogP contribution >= 0.6 is 0 Å². The standard InChI is InChI=1S/C19H28F6O2/c1-15(2,3)12-10-7-11(13(12)16(4,5)6)17(8-10,19(23,24)25)14(26)27-9-18(20,21)22/h10-13H,7-9H2,1-6H3. The maximum Gasteiger partial charge on any atom is 0.422 e. The van der Waals surface area contributed by atoms with Crippen LogP contribution in [0.1, 0.15) is 54.4 Å². The molecule has 5 unspecified atom stereocenters. The number of alkyl halides is 6. The minimum atomic E-state index is -4.96. The third kappa shape index (κ3) is 3.82. The lowest BCUT2D eigenvalue weighted by Gasteiger charge is -2.52. The third-order valence-corrected chi connectivity index (χ3v) is 6.34. The highest BCUT2D eigenvalue weighted by Gasteiger charge is 2.76. The first-order chi connectivity index (χ1) is 11.8. The normalized spacial score (nSPS) is 34.8. The number of carbonyl (C=O) groups excluding carboxylic acids is 1. The first-order valence-corrected chi connectivity index (χ1v) is 9.13. The molecule has 0 aliphatic heterocycles. The van der Waals surface area contributed by atoms with E-state index >= 15 is 0 Å². The summed E-state index contributed by atoms with van der Waals surface area (Å²) >= 11 is 0. The number of hydrogen-bond acceptors (Lipinski definition) is 2. The molecule has 8 heteroatoms. The van der Waals surface area contributed by atoms with E-state index in [1.54, 1.807) is 0 Å². The maximum atomic E-state index is 14.1. The molecule has 5 atom stereocenters. The van der Waals surface area contributed by atoms with Gasteiger partial charge in [0, 0.05) is 0 Å². The molecule has 2 nitrogen and oxygen atoms in total. The van der Waals surface area contributed by atoms with Gasteiger partial charge in [0.25, 0.3) is 0 Å². The SMILES string of the molecule is CC(C)(C)C1C2CC(C1C(C)(C)C)C(C(=O)OCC(F)(F)F)(C(F)(F)F)C2. The molecular formula is C19H28F6O2. The number of fused-ring (bicyclic) bond motifs is 2. The second-order valence-electron chi connectivity index (χ2n) is 10.3. The first-order valence-electron chi connectivity index (χ1n) is 9.13. The number of ether oxygens (including phenoxy) is 1. The molecule has 2 saturated carbocycles. The Morgan fingerprint density at radius 2 is 1.41 bits per heavy atom. The van der Waals surface area contributed by atoms with Crippen LogP contribution < -0.4 is 0 Å². The average molecular weight is 402 g/mol. The lowest BCUT2D eigenvalue weighted by Crippen LogP contribution is -2.57. The van der Waals surface area contributed by atoms with E-state index in [0.29, 0.717) is 0 Å². The van der Waals surface area contributed by atoms with Crippen molar-refractivity contribution < 1.29 is 35.9 Å². The van der Waals surface area contributed by atoms with Gasteiger partial charge in [-0.3, -0.25) is 4.79 Å². The van der Waals surface area contributed by atoms with E-state index in [1.807, 2.05) is 41.5 Å². The molecule has 2 bridgehead atoms. The van der Waals surface area contributed by atoms with E-state index in [4.69, 9.17) is 0 Å². The lowest BCUT2D eigenvalue weighted by molar-refractivity contribution is -0.267. The summed E-state index contributed by atoms with van der Waals surface area (Å²) < 4.78 is 83.9. The van der Waals surface area contributed by atoms with E-state index in [1.165, 1.54) is 0 Å². The van der Waals surface area contributed by atoms with Crippen molar-refractivity contribution in [3.05, 3.63) is 0 Å². The third-order valence-electron chi connectivity index (χ3n) is 6.34. The summed E-state index contributed by atoms with van der Waals surface area (Å²) in [6.45, 7) is 9.40. The smallest absolute Gasteiger partial charge is 0.422 e. The number of halogens is 6. The van der Waals surface area contributed by atoms with Crippen molar-refractivity contribution in [2.75, 3.05) is 6.61 Å². The van der Waals surface area contributed by atoms with Crippen molar-refractivity contribution in [1.82, 2.24) is 0 Å². The van der Waals surface area contributed by atoms with E-state index in [-0.39, 0.29) is 23.7 Å². The molecule has 0 amide bonds.